The molecule has 0 saturated carbocycles. The molecule has 0 radical (unpaired) electrons. The largest absolute Gasteiger partial charge is 0.497 e. The van der Waals surface area contributed by atoms with Crippen LogP contribution in [0.25, 0.3) is 16.9 Å². The van der Waals surface area contributed by atoms with Gasteiger partial charge in [-0.3, -0.25) is 9.36 Å². The molecular formula is C20H25N3O2. The zero-order valence-corrected chi connectivity index (χ0v) is 15.8. The van der Waals surface area contributed by atoms with E-state index in [1.807, 2.05) is 39.0 Å². The summed E-state index contributed by atoms with van der Waals surface area (Å²) < 4.78 is 8.84. The highest BCUT2D eigenvalue weighted by atomic mass is 16.5. The van der Waals surface area contributed by atoms with Gasteiger partial charge < -0.3 is 4.74 Å². The Kier molecular flexibility index (Phi) is 4.41. The number of ether oxygens (including phenoxy) is 1. The number of fused-ring (bicyclic) bond motifs is 1. The Hall–Kier alpha value is -2.56. The fraction of sp³-hybridized carbons (Fsp3) is 0.400. The molecule has 0 aliphatic carbocycles. The van der Waals surface area contributed by atoms with Gasteiger partial charge in [-0.15, -0.1) is 5.10 Å². The number of nitrogens with zero attached hydrogens (tertiary/aromatic N) is 3. The van der Waals surface area contributed by atoms with E-state index in [0.29, 0.717) is 17.9 Å². The summed E-state index contributed by atoms with van der Waals surface area (Å²) in [6.07, 6.45) is 0. The molecule has 0 aliphatic rings. The van der Waals surface area contributed by atoms with E-state index in [4.69, 9.17) is 9.84 Å². The zero-order chi connectivity index (χ0) is 18.3. The lowest BCUT2D eigenvalue weighted by molar-refractivity contribution is 0.414. The van der Waals surface area contributed by atoms with Crippen molar-refractivity contribution in [2.45, 2.75) is 47.1 Å². The van der Waals surface area contributed by atoms with E-state index < -0.39 is 0 Å². The molecule has 0 saturated heterocycles. The summed E-state index contributed by atoms with van der Waals surface area (Å²) in [6.45, 7) is 10.8. The third-order valence-electron chi connectivity index (χ3n) is 4.69. The highest BCUT2D eigenvalue weighted by molar-refractivity contribution is 5.64. The minimum atomic E-state index is 0.0134. The van der Waals surface area contributed by atoms with E-state index in [-0.39, 0.29) is 11.5 Å². The van der Waals surface area contributed by atoms with Gasteiger partial charge in [-0.25, -0.2) is 4.52 Å². The highest BCUT2D eigenvalue weighted by Gasteiger charge is 2.19. The predicted octanol–water partition coefficient (Wildman–Crippen LogP) is 3.93. The Balaban J connectivity index is 2.37. The van der Waals surface area contributed by atoms with Gasteiger partial charge >= 0.3 is 0 Å². The highest BCUT2D eigenvalue weighted by Crippen LogP contribution is 2.27. The first kappa shape index (κ1) is 17.3. The van der Waals surface area contributed by atoms with Crippen molar-refractivity contribution in [3.63, 3.8) is 0 Å². The smallest absolute Gasteiger partial charge is 0.278 e. The van der Waals surface area contributed by atoms with Gasteiger partial charge in [-0.05, 0) is 62.1 Å². The molecule has 0 atom stereocenters. The van der Waals surface area contributed by atoms with Gasteiger partial charge in [-0.2, -0.15) is 0 Å². The first-order valence-corrected chi connectivity index (χ1v) is 8.67. The molecule has 2 aromatic heterocycles. The molecule has 3 aromatic rings. The zero-order valence-electron chi connectivity index (χ0n) is 15.8. The Morgan fingerprint density at radius 3 is 2.48 bits per heavy atom. The molecule has 0 spiro atoms. The number of aryl methyl sites for hydroxylation is 2. The number of hydrogen-bond acceptors (Lipinski definition) is 3. The van der Waals surface area contributed by atoms with Crippen LogP contribution in [0.3, 0.4) is 0 Å². The van der Waals surface area contributed by atoms with Gasteiger partial charge in [0, 0.05) is 17.8 Å². The van der Waals surface area contributed by atoms with Crippen LogP contribution in [0, 0.1) is 13.8 Å². The number of rotatable bonds is 4. The van der Waals surface area contributed by atoms with Gasteiger partial charge in [-0.1, -0.05) is 13.8 Å². The SMILES string of the molecule is CCn1c(-c2ccc(OC)cc2C)nn2c(C)cc(C(C)C)c2c1=O. The fourth-order valence-corrected chi connectivity index (χ4v) is 3.32. The normalized spacial score (nSPS) is 11.5. The topological polar surface area (TPSA) is 48.5 Å². The molecule has 1 aromatic carbocycles. The maximum atomic E-state index is 13.2. The summed E-state index contributed by atoms with van der Waals surface area (Å²) in [4.78, 5) is 13.2. The van der Waals surface area contributed by atoms with Crippen LogP contribution >= 0.6 is 0 Å². The first-order chi connectivity index (χ1) is 11.9. The molecule has 0 unspecified atom stereocenters. The van der Waals surface area contributed by atoms with E-state index >= 15 is 0 Å². The Bertz CT molecular complexity index is 996. The molecule has 5 nitrogen and oxygen atoms in total. The number of methoxy groups -OCH3 is 1. The third kappa shape index (κ3) is 2.73. The average molecular weight is 339 g/mol. The van der Waals surface area contributed by atoms with Crippen molar-refractivity contribution in [1.29, 1.82) is 0 Å². The molecule has 132 valence electrons. The minimum absolute atomic E-state index is 0.0134. The molecule has 5 heteroatoms. The molecule has 0 bridgehead atoms. The second-order valence-corrected chi connectivity index (χ2v) is 6.71. The number of aromatic nitrogens is 3. The van der Waals surface area contributed by atoms with E-state index in [1.54, 1.807) is 16.2 Å². The van der Waals surface area contributed by atoms with Gasteiger partial charge in [0.2, 0.25) is 0 Å². The summed E-state index contributed by atoms with van der Waals surface area (Å²) in [7, 11) is 1.65. The van der Waals surface area contributed by atoms with E-state index in [2.05, 4.69) is 19.9 Å². The molecule has 0 amide bonds. The Morgan fingerprint density at radius 2 is 1.92 bits per heavy atom. The molecule has 0 N–H and O–H groups in total. The second kappa shape index (κ2) is 6.39. The number of benzene rings is 1. The van der Waals surface area contributed by atoms with Crippen LogP contribution in [-0.4, -0.2) is 21.3 Å². The summed E-state index contributed by atoms with van der Waals surface area (Å²) in [6, 6.07) is 7.91. The van der Waals surface area contributed by atoms with Crippen molar-refractivity contribution < 1.29 is 4.74 Å². The van der Waals surface area contributed by atoms with Gasteiger partial charge in [0.05, 0.1) is 7.11 Å². The van der Waals surface area contributed by atoms with Crippen LogP contribution < -0.4 is 10.3 Å². The molecule has 25 heavy (non-hydrogen) atoms. The standard InChI is InChI=1S/C20H25N3O2/c1-7-22-19(16-9-8-15(25-6)10-13(16)4)21-23-14(5)11-17(12(2)3)18(23)20(22)24/h8-12H,7H2,1-6H3. The van der Waals surface area contributed by atoms with Crippen molar-refractivity contribution in [3.8, 4) is 17.1 Å². The summed E-state index contributed by atoms with van der Waals surface area (Å²) in [5, 5.41) is 4.83. The maximum Gasteiger partial charge on any atom is 0.278 e. The van der Waals surface area contributed by atoms with Crippen LogP contribution in [0.4, 0.5) is 0 Å². The van der Waals surface area contributed by atoms with Crippen LogP contribution in [0.1, 0.15) is 43.5 Å². The lowest BCUT2D eigenvalue weighted by Gasteiger charge is -2.15. The quantitative estimate of drug-likeness (QED) is 0.723. The minimum Gasteiger partial charge on any atom is -0.497 e. The van der Waals surface area contributed by atoms with Crippen molar-refractivity contribution >= 4 is 5.52 Å². The Morgan fingerprint density at radius 1 is 1.20 bits per heavy atom. The van der Waals surface area contributed by atoms with E-state index in [0.717, 1.165) is 28.1 Å². The summed E-state index contributed by atoms with van der Waals surface area (Å²) >= 11 is 0. The van der Waals surface area contributed by atoms with E-state index in [1.165, 1.54) is 0 Å². The maximum absolute atomic E-state index is 13.2. The third-order valence-corrected chi connectivity index (χ3v) is 4.69. The Labute approximate surface area is 147 Å². The summed E-state index contributed by atoms with van der Waals surface area (Å²) in [5.41, 5.74) is 4.70. The van der Waals surface area contributed by atoms with Crippen molar-refractivity contribution in [3.05, 3.63) is 51.4 Å². The van der Waals surface area contributed by atoms with Crippen LogP contribution in [0.5, 0.6) is 5.75 Å². The van der Waals surface area contributed by atoms with Crippen molar-refractivity contribution in [2.75, 3.05) is 7.11 Å². The summed E-state index contributed by atoms with van der Waals surface area (Å²) in [5.74, 6) is 1.76. The molecule has 0 aliphatic heterocycles. The van der Waals surface area contributed by atoms with Crippen molar-refractivity contribution in [1.82, 2.24) is 14.2 Å². The molecule has 2 heterocycles. The van der Waals surface area contributed by atoms with Gasteiger partial charge in [0.15, 0.2) is 5.82 Å². The number of hydrogen-bond donors (Lipinski definition) is 0. The lowest BCUT2D eigenvalue weighted by Crippen LogP contribution is -2.26. The molecule has 3 rings (SSSR count). The molecular weight excluding hydrogens is 314 g/mol. The first-order valence-electron chi connectivity index (χ1n) is 8.67. The monoisotopic (exact) mass is 339 g/mol. The lowest BCUT2D eigenvalue weighted by atomic mass is 10.1. The molecule has 0 fully saturated rings. The second-order valence-electron chi connectivity index (χ2n) is 6.71. The fourth-order valence-electron chi connectivity index (χ4n) is 3.32. The van der Waals surface area contributed by atoms with Crippen molar-refractivity contribution in [2.24, 2.45) is 0 Å². The van der Waals surface area contributed by atoms with Gasteiger partial charge in [0.25, 0.3) is 5.56 Å². The van der Waals surface area contributed by atoms with Crippen LogP contribution in [0.2, 0.25) is 0 Å². The van der Waals surface area contributed by atoms with Crippen LogP contribution in [0.15, 0.2) is 29.1 Å². The van der Waals surface area contributed by atoms with Gasteiger partial charge in [0.1, 0.15) is 11.3 Å². The predicted molar refractivity (Wildman–Crippen MR) is 101 cm³/mol. The van der Waals surface area contributed by atoms with Crippen LogP contribution in [-0.2, 0) is 6.54 Å². The average Bonchev–Trinajstić information content (AvgIpc) is 2.92. The van der Waals surface area contributed by atoms with E-state index in [9.17, 15) is 4.79 Å².